The highest BCUT2D eigenvalue weighted by Gasteiger charge is 2.13. The van der Waals surface area contributed by atoms with Gasteiger partial charge >= 0.3 is 0 Å². The third-order valence-corrected chi connectivity index (χ3v) is 3.32. The van der Waals surface area contributed by atoms with Gasteiger partial charge in [0.1, 0.15) is 0 Å². The van der Waals surface area contributed by atoms with Gasteiger partial charge in [-0.25, -0.2) is 4.68 Å². The maximum atomic E-state index is 5.84. The van der Waals surface area contributed by atoms with Gasteiger partial charge in [-0.1, -0.05) is 18.2 Å². The molecule has 1 aromatic heterocycles. The van der Waals surface area contributed by atoms with Crippen LogP contribution in [0.3, 0.4) is 0 Å². The summed E-state index contributed by atoms with van der Waals surface area (Å²) in [7, 11) is 1.71. The third-order valence-electron chi connectivity index (χ3n) is 3.32. The molecular weight excluding hydrogens is 252 g/mol. The van der Waals surface area contributed by atoms with Gasteiger partial charge in [-0.2, -0.15) is 5.10 Å². The fraction of sp³-hybridized carbons (Fsp3) is 0.400. The third kappa shape index (κ3) is 3.66. The molecule has 0 aliphatic carbocycles. The van der Waals surface area contributed by atoms with E-state index in [1.807, 2.05) is 54.3 Å². The molecule has 0 spiro atoms. The Morgan fingerprint density at radius 1 is 1.35 bits per heavy atom. The molecule has 5 nitrogen and oxygen atoms in total. The smallest absolute Gasteiger partial charge is 0.0667 e. The average molecular weight is 274 g/mol. The lowest BCUT2D eigenvalue weighted by molar-refractivity contribution is 0.114. The number of rotatable bonds is 7. The van der Waals surface area contributed by atoms with Crippen molar-refractivity contribution in [3.8, 4) is 5.69 Å². The summed E-state index contributed by atoms with van der Waals surface area (Å²) in [6, 6.07) is 10.1. The van der Waals surface area contributed by atoms with Gasteiger partial charge in [0.25, 0.3) is 0 Å². The van der Waals surface area contributed by atoms with Gasteiger partial charge in [0, 0.05) is 38.0 Å². The molecule has 1 heterocycles. The Bertz CT molecular complexity index is 512. The monoisotopic (exact) mass is 274 g/mol. The molecule has 2 unspecified atom stereocenters. The first kappa shape index (κ1) is 14.7. The van der Waals surface area contributed by atoms with Gasteiger partial charge in [-0.15, -0.1) is 0 Å². The fourth-order valence-electron chi connectivity index (χ4n) is 1.97. The number of benzene rings is 1. The molecule has 0 aliphatic heterocycles. The van der Waals surface area contributed by atoms with Crippen molar-refractivity contribution in [2.45, 2.75) is 19.1 Å². The fourth-order valence-corrected chi connectivity index (χ4v) is 1.97. The van der Waals surface area contributed by atoms with Crippen LogP contribution in [0, 0.1) is 0 Å². The van der Waals surface area contributed by atoms with Gasteiger partial charge in [-0.05, 0) is 19.1 Å². The summed E-state index contributed by atoms with van der Waals surface area (Å²) < 4.78 is 7.09. The molecule has 2 rings (SSSR count). The number of para-hydroxylation sites is 1. The van der Waals surface area contributed by atoms with Gasteiger partial charge < -0.3 is 15.8 Å². The van der Waals surface area contributed by atoms with Crippen LogP contribution in [0.15, 0.2) is 42.7 Å². The van der Waals surface area contributed by atoms with E-state index >= 15 is 0 Å². The van der Waals surface area contributed by atoms with Crippen molar-refractivity contribution in [2.75, 3.05) is 20.2 Å². The Morgan fingerprint density at radius 2 is 2.10 bits per heavy atom. The van der Waals surface area contributed by atoms with E-state index in [2.05, 4.69) is 10.4 Å². The number of hydrogen-bond donors (Lipinski definition) is 2. The topological polar surface area (TPSA) is 65.1 Å². The van der Waals surface area contributed by atoms with Crippen molar-refractivity contribution >= 4 is 0 Å². The second-order valence-electron chi connectivity index (χ2n) is 4.80. The second-order valence-corrected chi connectivity index (χ2v) is 4.80. The second kappa shape index (κ2) is 7.19. The van der Waals surface area contributed by atoms with Gasteiger partial charge in [-0.3, -0.25) is 0 Å². The Morgan fingerprint density at radius 3 is 2.75 bits per heavy atom. The highest BCUT2D eigenvalue weighted by molar-refractivity contribution is 5.31. The quantitative estimate of drug-likeness (QED) is 0.803. The number of ether oxygens (including phenoxy) is 1. The molecule has 0 fully saturated rings. The summed E-state index contributed by atoms with van der Waals surface area (Å²) >= 11 is 0. The first-order valence-electron chi connectivity index (χ1n) is 6.80. The summed E-state index contributed by atoms with van der Waals surface area (Å²) in [6.07, 6.45) is 4.03. The normalized spacial score (nSPS) is 14.2. The highest BCUT2D eigenvalue weighted by Crippen LogP contribution is 2.14. The molecule has 0 bridgehead atoms. The maximum absolute atomic E-state index is 5.84. The van der Waals surface area contributed by atoms with E-state index in [0.29, 0.717) is 6.54 Å². The molecule has 1 aromatic carbocycles. The summed E-state index contributed by atoms with van der Waals surface area (Å²) in [5.41, 5.74) is 7.96. The number of nitrogens with two attached hydrogens (primary N) is 1. The van der Waals surface area contributed by atoms with Crippen molar-refractivity contribution < 1.29 is 4.74 Å². The van der Waals surface area contributed by atoms with E-state index in [0.717, 1.165) is 17.8 Å². The lowest BCUT2D eigenvalue weighted by Crippen LogP contribution is -2.33. The Hall–Kier alpha value is -1.69. The Labute approximate surface area is 119 Å². The minimum absolute atomic E-state index is 0.0880. The van der Waals surface area contributed by atoms with Gasteiger partial charge in [0.2, 0.25) is 0 Å². The predicted molar refractivity (Wildman–Crippen MR) is 79.8 cm³/mol. The number of aromatic nitrogens is 2. The summed E-state index contributed by atoms with van der Waals surface area (Å²) in [5.74, 6) is 0. The lowest BCUT2D eigenvalue weighted by atomic mass is 10.1. The van der Waals surface area contributed by atoms with Crippen LogP contribution in [-0.2, 0) is 4.74 Å². The molecule has 20 heavy (non-hydrogen) atoms. The highest BCUT2D eigenvalue weighted by atomic mass is 16.5. The SMILES string of the molecule is COC(C)CNC(CN)c1cnn(-c2ccccc2)c1. The van der Waals surface area contributed by atoms with Crippen LogP contribution in [0.25, 0.3) is 5.69 Å². The molecule has 0 saturated heterocycles. The van der Waals surface area contributed by atoms with E-state index in [1.165, 1.54) is 0 Å². The minimum Gasteiger partial charge on any atom is -0.380 e. The number of nitrogens with one attached hydrogen (secondary N) is 1. The van der Waals surface area contributed by atoms with Crippen molar-refractivity contribution in [1.82, 2.24) is 15.1 Å². The molecule has 0 aliphatic rings. The lowest BCUT2D eigenvalue weighted by Gasteiger charge is -2.18. The van der Waals surface area contributed by atoms with Gasteiger partial charge in [0.05, 0.1) is 18.0 Å². The van der Waals surface area contributed by atoms with Gasteiger partial charge in [0.15, 0.2) is 0 Å². The molecule has 2 atom stereocenters. The van der Waals surface area contributed by atoms with E-state index in [9.17, 15) is 0 Å². The Balaban J connectivity index is 2.06. The zero-order valence-electron chi connectivity index (χ0n) is 12.0. The van der Waals surface area contributed by atoms with Crippen LogP contribution in [0.5, 0.6) is 0 Å². The Kier molecular flexibility index (Phi) is 5.29. The molecule has 0 radical (unpaired) electrons. The van der Waals surface area contributed by atoms with Crippen molar-refractivity contribution in [3.05, 3.63) is 48.3 Å². The molecular formula is C15H22N4O. The average Bonchev–Trinajstić information content (AvgIpc) is 2.98. The van der Waals surface area contributed by atoms with Crippen molar-refractivity contribution in [1.29, 1.82) is 0 Å². The summed E-state index contributed by atoms with van der Waals surface area (Å²) in [5, 5.41) is 7.79. The molecule has 3 N–H and O–H groups in total. The standard InChI is InChI=1S/C15H22N4O/c1-12(20-2)9-17-15(8-16)13-10-18-19(11-13)14-6-4-3-5-7-14/h3-7,10-12,15,17H,8-9,16H2,1-2H3. The summed E-state index contributed by atoms with van der Waals surface area (Å²) in [6.45, 7) is 3.31. The van der Waals surface area contributed by atoms with Crippen LogP contribution in [0.4, 0.5) is 0 Å². The first-order valence-corrected chi connectivity index (χ1v) is 6.80. The molecule has 0 amide bonds. The predicted octanol–water partition coefficient (Wildman–Crippen LogP) is 1.50. The molecule has 0 saturated carbocycles. The van der Waals surface area contributed by atoms with Crippen LogP contribution >= 0.6 is 0 Å². The number of methoxy groups -OCH3 is 1. The van der Waals surface area contributed by atoms with E-state index < -0.39 is 0 Å². The van der Waals surface area contributed by atoms with Crippen molar-refractivity contribution in [2.24, 2.45) is 5.73 Å². The first-order chi connectivity index (χ1) is 9.74. The van der Waals surface area contributed by atoms with E-state index in [-0.39, 0.29) is 12.1 Å². The minimum atomic E-state index is 0.0880. The number of nitrogens with zero attached hydrogens (tertiary/aromatic N) is 2. The van der Waals surface area contributed by atoms with Crippen LogP contribution < -0.4 is 11.1 Å². The van der Waals surface area contributed by atoms with Crippen LogP contribution in [0.2, 0.25) is 0 Å². The summed E-state index contributed by atoms with van der Waals surface area (Å²) in [4.78, 5) is 0. The van der Waals surface area contributed by atoms with E-state index in [4.69, 9.17) is 10.5 Å². The number of hydrogen-bond acceptors (Lipinski definition) is 4. The van der Waals surface area contributed by atoms with Crippen LogP contribution in [0.1, 0.15) is 18.5 Å². The zero-order chi connectivity index (χ0) is 14.4. The molecule has 5 heteroatoms. The van der Waals surface area contributed by atoms with E-state index in [1.54, 1.807) is 7.11 Å². The molecule has 108 valence electrons. The maximum Gasteiger partial charge on any atom is 0.0667 e. The zero-order valence-corrected chi connectivity index (χ0v) is 12.0. The van der Waals surface area contributed by atoms with Crippen molar-refractivity contribution in [3.63, 3.8) is 0 Å². The van der Waals surface area contributed by atoms with Crippen LogP contribution in [-0.4, -0.2) is 36.1 Å². The largest absolute Gasteiger partial charge is 0.380 e. The molecule has 2 aromatic rings.